The van der Waals surface area contributed by atoms with Crippen molar-refractivity contribution in [3.05, 3.63) is 21.9 Å². The smallest absolute Gasteiger partial charge is 0.321 e. The lowest BCUT2D eigenvalue weighted by molar-refractivity contribution is -0.117. The van der Waals surface area contributed by atoms with E-state index in [0.29, 0.717) is 0 Å². The molecule has 0 saturated heterocycles. The number of aryl methyl sites for hydroxylation is 1. The summed E-state index contributed by atoms with van der Waals surface area (Å²) in [5.74, 6) is -0.728. The molecule has 2 N–H and O–H groups in total. The van der Waals surface area contributed by atoms with Gasteiger partial charge in [0.1, 0.15) is 5.88 Å². The predicted molar refractivity (Wildman–Crippen MR) is 64.9 cm³/mol. The molecule has 16 heavy (non-hydrogen) atoms. The average Bonchev–Trinajstić information content (AvgIpc) is 2.64. The van der Waals surface area contributed by atoms with Crippen molar-refractivity contribution in [3.8, 4) is 0 Å². The lowest BCUT2D eigenvalue weighted by Gasteiger charge is -2.11. The Hall–Kier alpha value is -1.07. The number of hydrogen-bond donors (Lipinski definition) is 2. The van der Waals surface area contributed by atoms with E-state index < -0.39 is 11.9 Å². The summed E-state index contributed by atoms with van der Waals surface area (Å²) in [6, 6.07) is 3.29. The molecule has 6 heteroatoms. The standard InChI is InChI=1S/C10H13ClN2O2S/c1-6-3-4-8(16-6)7(2)12-10(15)13-9(14)5-11/h3-4,7H,5H2,1-2H3,(H2,12,13,14,15). The minimum absolute atomic E-state index is 0.123. The van der Waals surface area contributed by atoms with E-state index in [0.717, 1.165) is 4.88 Å². The summed E-state index contributed by atoms with van der Waals surface area (Å²) in [6.45, 7) is 3.86. The normalized spacial score (nSPS) is 11.9. The predicted octanol–water partition coefficient (Wildman–Crippen LogP) is 2.18. The highest BCUT2D eigenvalue weighted by molar-refractivity contribution is 7.12. The monoisotopic (exact) mass is 260 g/mol. The highest BCUT2D eigenvalue weighted by Crippen LogP contribution is 2.21. The molecule has 3 amide bonds. The fraction of sp³-hybridized carbons (Fsp3) is 0.400. The van der Waals surface area contributed by atoms with E-state index in [1.807, 2.05) is 26.0 Å². The van der Waals surface area contributed by atoms with Gasteiger partial charge in [0, 0.05) is 9.75 Å². The molecule has 4 nitrogen and oxygen atoms in total. The van der Waals surface area contributed by atoms with Gasteiger partial charge >= 0.3 is 6.03 Å². The van der Waals surface area contributed by atoms with Gasteiger partial charge in [-0.05, 0) is 26.0 Å². The zero-order chi connectivity index (χ0) is 12.1. The van der Waals surface area contributed by atoms with Crippen LogP contribution in [0.3, 0.4) is 0 Å². The summed E-state index contributed by atoms with van der Waals surface area (Å²) in [4.78, 5) is 24.4. The van der Waals surface area contributed by atoms with Gasteiger partial charge in [-0.1, -0.05) is 0 Å². The molecule has 0 fully saturated rings. The van der Waals surface area contributed by atoms with Crippen molar-refractivity contribution in [1.29, 1.82) is 0 Å². The van der Waals surface area contributed by atoms with E-state index in [4.69, 9.17) is 11.6 Å². The highest BCUT2D eigenvalue weighted by atomic mass is 35.5. The van der Waals surface area contributed by atoms with Crippen LogP contribution in [-0.4, -0.2) is 17.8 Å². The largest absolute Gasteiger partial charge is 0.330 e. The molecule has 1 aromatic heterocycles. The molecule has 1 atom stereocenters. The van der Waals surface area contributed by atoms with Crippen molar-refractivity contribution in [2.45, 2.75) is 19.9 Å². The van der Waals surface area contributed by atoms with Crippen LogP contribution in [0.4, 0.5) is 4.79 Å². The van der Waals surface area contributed by atoms with Gasteiger partial charge in [-0.3, -0.25) is 10.1 Å². The number of carbonyl (C=O) groups is 2. The molecule has 0 radical (unpaired) electrons. The van der Waals surface area contributed by atoms with Gasteiger partial charge in [0.2, 0.25) is 5.91 Å². The number of amides is 3. The Kier molecular flexibility index (Phi) is 4.76. The molecule has 1 rings (SSSR count). The first kappa shape index (κ1) is 13.0. The van der Waals surface area contributed by atoms with Gasteiger partial charge in [0.25, 0.3) is 0 Å². The maximum atomic E-state index is 11.3. The third-order valence-corrected chi connectivity index (χ3v) is 3.34. The van der Waals surface area contributed by atoms with Crippen molar-refractivity contribution in [1.82, 2.24) is 10.6 Å². The highest BCUT2D eigenvalue weighted by Gasteiger charge is 2.12. The van der Waals surface area contributed by atoms with Crippen LogP contribution in [0, 0.1) is 6.92 Å². The maximum Gasteiger partial charge on any atom is 0.321 e. The van der Waals surface area contributed by atoms with Crippen LogP contribution in [0.25, 0.3) is 0 Å². The van der Waals surface area contributed by atoms with Crippen LogP contribution < -0.4 is 10.6 Å². The number of nitrogens with one attached hydrogen (secondary N) is 2. The van der Waals surface area contributed by atoms with E-state index >= 15 is 0 Å². The van der Waals surface area contributed by atoms with Gasteiger partial charge in [0.05, 0.1) is 6.04 Å². The van der Waals surface area contributed by atoms with Crippen molar-refractivity contribution < 1.29 is 9.59 Å². The average molecular weight is 261 g/mol. The number of thiophene rings is 1. The van der Waals surface area contributed by atoms with Crippen molar-refractivity contribution in [2.24, 2.45) is 0 Å². The van der Waals surface area contributed by atoms with Gasteiger partial charge in [-0.25, -0.2) is 4.79 Å². The first-order valence-electron chi connectivity index (χ1n) is 4.75. The topological polar surface area (TPSA) is 58.2 Å². The molecule has 0 aliphatic rings. The molecule has 0 aliphatic heterocycles. The zero-order valence-corrected chi connectivity index (χ0v) is 10.6. The maximum absolute atomic E-state index is 11.3. The van der Waals surface area contributed by atoms with Crippen LogP contribution in [0.1, 0.15) is 22.7 Å². The van der Waals surface area contributed by atoms with Crippen molar-refractivity contribution >= 4 is 34.9 Å². The summed E-state index contributed by atoms with van der Waals surface area (Å²) < 4.78 is 0. The van der Waals surface area contributed by atoms with E-state index in [1.54, 1.807) is 11.3 Å². The quantitative estimate of drug-likeness (QED) is 0.819. The lowest BCUT2D eigenvalue weighted by atomic mass is 10.3. The Morgan fingerprint density at radius 2 is 2.19 bits per heavy atom. The van der Waals surface area contributed by atoms with E-state index in [1.165, 1.54) is 4.88 Å². The van der Waals surface area contributed by atoms with E-state index in [9.17, 15) is 9.59 Å². The fourth-order valence-electron chi connectivity index (χ4n) is 1.15. The number of halogens is 1. The first-order chi connectivity index (χ1) is 7.52. The van der Waals surface area contributed by atoms with E-state index in [2.05, 4.69) is 10.6 Å². The van der Waals surface area contributed by atoms with Crippen LogP contribution in [-0.2, 0) is 4.79 Å². The number of carbonyl (C=O) groups excluding carboxylic acids is 2. The Morgan fingerprint density at radius 3 is 2.69 bits per heavy atom. The molecule has 0 aliphatic carbocycles. The van der Waals surface area contributed by atoms with Crippen LogP contribution in [0.5, 0.6) is 0 Å². The second-order valence-corrected chi connectivity index (χ2v) is 4.91. The molecule has 0 spiro atoms. The Bertz CT molecular complexity index is 392. The number of hydrogen-bond acceptors (Lipinski definition) is 3. The molecule has 1 unspecified atom stereocenters. The molecular weight excluding hydrogens is 248 g/mol. The summed E-state index contributed by atoms with van der Waals surface area (Å²) in [5.41, 5.74) is 0. The summed E-state index contributed by atoms with van der Waals surface area (Å²) in [6.07, 6.45) is 0. The summed E-state index contributed by atoms with van der Waals surface area (Å²) >= 11 is 6.87. The number of imide groups is 1. The molecular formula is C10H13ClN2O2S. The van der Waals surface area contributed by atoms with Crippen molar-refractivity contribution in [2.75, 3.05) is 5.88 Å². The Morgan fingerprint density at radius 1 is 1.50 bits per heavy atom. The van der Waals surface area contributed by atoms with E-state index in [-0.39, 0.29) is 11.9 Å². The van der Waals surface area contributed by atoms with Gasteiger partial charge in [0.15, 0.2) is 0 Å². The van der Waals surface area contributed by atoms with Gasteiger partial charge in [-0.15, -0.1) is 22.9 Å². The third kappa shape index (κ3) is 3.83. The molecule has 0 saturated carbocycles. The SMILES string of the molecule is Cc1ccc(C(C)NC(=O)NC(=O)CCl)s1. The molecule has 1 aromatic rings. The molecule has 0 aromatic carbocycles. The summed E-state index contributed by atoms with van der Waals surface area (Å²) in [5, 5.41) is 4.78. The molecule has 1 heterocycles. The third-order valence-electron chi connectivity index (χ3n) is 1.91. The number of rotatable bonds is 3. The van der Waals surface area contributed by atoms with Crippen LogP contribution in [0.2, 0.25) is 0 Å². The fourth-order valence-corrected chi connectivity index (χ4v) is 2.10. The van der Waals surface area contributed by atoms with Gasteiger partial charge in [-0.2, -0.15) is 0 Å². The Labute approximate surface area is 103 Å². The second kappa shape index (κ2) is 5.86. The van der Waals surface area contributed by atoms with Crippen LogP contribution >= 0.6 is 22.9 Å². The number of urea groups is 1. The lowest BCUT2D eigenvalue weighted by Crippen LogP contribution is -2.40. The van der Waals surface area contributed by atoms with Gasteiger partial charge < -0.3 is 5.32 Å². The first-order valence-corrected chi connectivity index (χ1v) is 6.10. The van der Waals surface area contributed by atoms with Crippen molar-refractivity contribution in [3.63, 3.8) is 0 Å². The molecule has 88 valence electrons. The number of alkyl halides is 1. The molecule has 0 bridgehead atoms. The van der Waals surface area contributed by atoms with Crippen LogP contribution in [0.15, 0.2) is 12.1 Å². The zero-order valence-electron chi connectivity index (χ0n) is 9.04. The second-order valence-electron chi connectivity index (χ2n) is 3.33. The Balaban J connectivity index is 2.48. The minimum Gasteiger partial charge on any atom is -0.330 e. The minimum atomic E-state index is -0.524. The summed E-state index contributed by atoms with van der Waals surface area (Å²) in [7, 11) is 0.